The maximum atomic E-state index is 11.7. The summed E-state index contributed by atoms with van der Waals surface area (Å²) in [4.78, 5) is 11.7. The fourth-order valence-electron chi connectivity index (χ4n) is 2.20. The van der Waals surface area contributed by atoms with Crippen LogP contribution in [0, 0.1) is 6.92 Å². The monoisotopic (exact) mass is 260 g/mol. The third kappa shape index (κ3) is 3.16. The first-order valence-electron chi connectivity index (χ1n) is 6.72. The smallest absolute Gasteiger partial charge is 0.337 e. The molecule has 0 saturated carbocycles. The lowest BCUT2D eigenvalue weighted by Crippen LogP contribution is -2.07. The Bertz CT molecular complexity index is 485. The van der Waals surface area contributed by atoms with Gasteiger partial charge in [0.2, 0.25) is 0 Å². The van der Waals surface area contributed by atoms with Gasteiger partial charge in [-0.25, -0.2) is 4.79 Å². The van der Waals surface area contributed by atoms with E-state index in [2.05, 4.69) is 31.2 Å². The zero-order valence-electron chi connectivity index (χ0n) is 11.7. The van der Waals surface area contributed by atoms with E-state index in [1.54, 1.807) is 13.8 Å². The second kappa shape index (κ2) is 5.91. The van der Waals surface area contributed by atoms with Crippen LogP contribution in [0.25, 0.3) is 0 Å². The number of aryl methyl sites for hydroxylation is 1. The molecule has 0 radical (unpaired) electrons. The first-order chi connectivity index (χ1) is 9.11. The van der Waals surface area contributed by atoms with Gasteiger partial charge in [0, 0.05) is 6.42 Å². The van der Waals surface area contributed by atoms with Crippen molar-refractivity contribution in [3.05, 3.63) is 46.7 Å². The lowest BCUT2D eigenvalue weighted by atomic mass is 10.0. The number of allylic oxidation sites excluding steroid dienone is 1. The lowest BCUT2D eigenvalue weighted by Gasteiger charge is -2.12. The Morgan fingerprint density at radius 1 is 1.37 bits per heavy atom. The normalized spacial score (nSPS) is 20.9. The number of benzene rings is 1. The van der Waals surface area contributed by atoms with Crippen molar-refractivity contribution in [3.8, 4) is 0 Å². The third-order valence-corrected chi connectivity index (χ3v) is 3.37. The van der Waals surface area contributed by atoms with Gasteiger partial charge in [-0.05, 0) is 32.8 Å². The SMILES string of the molecule is CCOC(=O)/C(C)=C1\CCC(c2ccc(C)cc2)O1. The van der Waals surface area contributed by atoms with Crippen LogP contribution in [0.15, 0.2) is 35.6 Å². The number of carbonyl (C=O) groups is 1. The number of carbonyl (C=O) groups excluding carboxylic acids is 1. The Morgan fingerprint density at radius 2 is 2.05 bits per heavy atom. The van der Waals surface area contributed by atoms with Crippen LogP contribution in [0.2, 0.25) is 0 Å². The second-order valence-electron chi connectivity index (χ2n) is 4.82. The van der Waals surface area contributed by atoms with Crippen LogP contribution in [-0.4, -0.2) is 12.6 Å². The molecule has 1 atom stereocenters. The first kappa shape index (κ1) is 13.7. The highest BCUT2D eigenvalue weighted by Crippen LogP contribution is 2.36. The van der Waals surface area contributed by atoms with Crippen LogP contribution < -0.4 is 0 Å². The van der Waals surface area contributed by atoms with E-state index in [9.17, 15) is 4.79 Å². The summed E-state index contributed by atoms with van der Waals surface area (Å²) in [6.07, 6.45) is 1.76. The summed E-state index contributed by atoms with van der Waals surface area (Å²) in [6.45, 7) is 6.03. The van der Waals surface area contributed by atoms with E-state index < -0.39 is 0 Å². The van der Waals surface area contributed by atoms with Crippen molar-refractivity contribution in [3.63, 3.8) is 0 Å². The van der Waals surface area contributed by atoms with Crippen LogP contribution in [0.1, 0.15) is 43.9 Å². The molecule has 3 heteroatoms. The van der Waals surface area contributed by atoms with Gasteiger partial charge in [-0.1, -0.05) is 29.8 Å². The van der Waals surface area contributed by atoms with Gasteiger partial charge < -0.3 is 9.47 Å². The number of ether oxygens (including phenoxy) is 2. The molecule has 0 spiro atoms. The van der Waals surface area contributed by atoms with Gasteiger partial charge in [0.15, 0.2) is 0 Å². The molecule has 0 N–H and O–H groups in total. The fourth-order valence-corrected chi connectivity index (χ4v) is 2.20. The zero-order chi connectivity index (χ0) is 13.8. The van der Waals surface area contributed by atoms with E-state index in [1.165, 1.54) is 5.56 Å². The lowest BCUT2D eigenvalue weighted by molar-refractivity contribution is -0.138. The molecule has 1 unspecified atom stereocenters. The molecule has 1 fully saturated rings. The molecule has 102 valence electrons. The predicted octanol–water partition coefficient (Wildman–Crippen LogP) is 3.68. The summed E-state index contributed by atoms with van der Waals surface area (Å²) >= 11 is 0. The van der Waals surface area contributed by atoms with Gasteiger partial charge in [-0.15, -0.1) is 0 Å². The van der Waals surface area contributed by atoms with Crippen molar-refractivity contribution in [1.29, 1.82) is 0 Å². The quantitative estimate of drug-likeness (QED) is 0.614. The topological polar surface area (TPSA) is 35.5 Å². The summed E-state index contributed by atoms with van der Waals surface area (Å²) in [6, 6.07) is 8.34. The number of esters is 1. The van der Waals surface area contributed by atoms with E-state index in [0.29, 0.717) is 12.2 Å². The number of rotatable bonds is 3. The maximum Gasteiger partial charge on any atom is 0.337 e. The van der Waals surface area contributed by atoms with Gasteiger partial charge in [-0.2, -0.15) is 0 Å². The average molecular weight is 260 g/mol. The highest BCUT2D eigenvalue weighted by atomic mass is 16.5. The average Bonchev–Trinajstić information content (AvgIpc) is 2.88. The summed E-state index contributed by atoms with van der Waals surface area (Å²) < 4.78 is 10.9. The van der Waals surface area contributed by atoms with Crippen LogP contribution in [0.3, 0.4) is 0 Å². The summed E-state index contributed by atoms with van der Waals surface area (Å²) in [5.74, 6) is 0.492. The Kier molecular flexibility index (Phi) is 4.25. The molecule has 1 saturated heterocycles. The van der Waals surface area contributed by atoms with Gasteiger partial charge in [0.1, 0.15) is 11.9 Å². The molecular formula is C16H20O3. The van der Waals surface area contributed by atoms with Crippen molar-refractivity contribution in [2.75, 3.05) is 6.61 Å². The molecule has 1 aromatic carbocycles. The molecule has 1 heterocycles. The Morgan fingerprint density at radius 3 is 2.68 bits per heavy atom. The molecule has 0 bridgehead atoms. The van der Waals surface area contributed by atoms with E-state index in [4.69, 9.17) is 9.47 Å². The van der Waals surface area contributed by atoms with Crippen LogP contribution in [0.4, 0.5) is 0 Å². The van der Waals surface area contributed by atoms with Gasteiger partial charge in [-0.3, -0.25) is 0 Å². The summed E-state index contributed by atoms with van der Waals surface area (Å²) in [5, 5.41) is 0. The molecule has 1 aliphatic heterocycles. The molecule has 0 aliphatic carbocycles. The molecular weight excluding hydrogens is 240 g/mol. The van der Waals surface area contributed by atoms with Gasteiger partial charge >= 0.3 is 5.97 Å². The number of hydrogen-bond acceptors (Lipinski definition) is 3. The minimum atomic E-state index is -0.276. The molecule has 0 aromatic heterocycles. The predicted molar refractivity (Wildman–Crippen MR) is 73.6 cm³/mol. The molecule has 0 amide bonds. The third-order valence-electron chi connectivity index (χ3n) is 3.37. The molecule has 1 aliphatic rings. The molecule has 1 aromatic rings. The highest BCUT2D eigenvalue weighted by molar-refractivity contribution is 5.88. The van der Waals surface area contributed by atoms with E-state index in [0.717, 1.165) is 24.2 Å². The van der Waals surface area contributed by atoms with Crippen molar-refractivity contribution < 1.29 is 14.3 Å². The summed E-state index contributed by atoms with van der Waals surface area (Å²) in [5.41, 5.74) is 2.99. The molecule has 19 heavy (non-hydrogen) atoms. The largest absolute Gasteiger partial charge is 0.490 e. The minimum absolute atomic E-state index is 0.0555. The second-order valence-corrected chi connectivity index (χ2v) is 4.82. The fraction of sp³-hybridized carbons (Fsp3) is 0.438. The Hall–Kier alpha value is -1.77. The van der Waals surface area contributed by atoms with Gasteiger partial charge in [0.25, 0.3) is 0 Å². The minimum Gasteiger partial charge on any atom is -0.490 e. The van der Waals surface area contributed by atoms with Crippen molar-refractivity contribution in [1.82, 2.24) is 0 Å². The molecule has 3 nitrogen and oxygen atoms in total. The standard InChI is InChI=1S/C16H20O3/c1-4-18-16(17)12(3)14-9-10-15(19-14)13-7-5-11(2)6-8-13/h5-8,15H,4,9-10H2,1-3H3/b14-12+. The zero-order valence-corrected chi connectivity index (χ0v) is 11.7. The highest BCUT2D eigenvalue weighted by Gasteiger charge is 2.26. The van der Waals surface area contributed by atoms with Crippen molar-refractivity contribution in [2.45, 2.75) is 39.7 Å². The Labute approximate surface area is 114 Å². The van der Waals surface area contributed by atoms with E-state index in [-0.39, 0.29) is 12.1 Å². The van der Waals surface area contributed by atoms with Crippen molar-refractivity contribution in [2.24, 2.45) is 0 Å². The first-order valence-corrected chi connectivity index (χ1v) is 6.72. The van der Waals surface area contributed by atoms with Crippen LogP contribution in [0.5, 0.6) is 0 Å². The number of hydrogen-bond donors (Lipinski definition) is 0. The molecule has 2 rings (SSSR count). The van der Waals surface area contributed by atoms with E-state index >= 15 is 0 Å². The van der Waals surface area contributed by atoms with Crippen LogP contribution >= 0.6 is 0 Å². The Balaban J connectivity index is 2.09. The van der Waals surface area contributed by atoms with Gasteiger partial charge in [0.05, 0.1) is 12.2 Å². The van der Waals surface area contributed by atoms with Crippen LogP contribution in [-0.2, 0) is 14.3 Å². The van der Waals surface area contributed by atoms with E-state index in [1.807, 2.05) is 0 Å². The maximum absolute atomic E-state index is 11.7. The van der Waals surface area contributed by atoms with Crippen molar-refractivity contribution >= 4 is 5.97 Å². The summed E-state index contributed by atoms with van der Waals surface area (Å²) in [7, 11) is 0.